The minimum Gasteiger partial charge on any atom is -0.462 e. The van der Waals surface area contributed by atoms with Crippen molar-refractivity contribution in [2.75, 3.05) is 47.5 Å². The van der Waals surface area contributed by atoms with Gasteiger partial charge in [0.2, 0.25) is 0 Å². The predicted octanol–water partition coefficient (Wildman–Crippen LogP) is 9.32. The molecule has 0 saturated carbocycles. The van der Waals surface area contributed by atoms with Gasteiger partial charge in [-0.15, -0.1) is 0 Å². The van der Waals surface area contributed by atoms with Gasteiger partial charge < -0.3 is 24.0 Å². The lowest BCUT2D eigenvalue weighted by atomic mass is 10.1. The highest BCUT2D eigenvalue weighted by atomic mass is 31.2. The molecule has 0 radical (unpaired) electrons. The van der Waals surface area contributed by atoms with Crippen molar-refractivity contribution in [3.63, 3.8) is 0 Å². The molecule has 0 fully saturated rings. The zero-order valence-electron chi connectivity index (χ0n) is 32.7. The SMILES string of the molecule is CC/C=C/CC(O)/C=C/C=C/CCCCCCCC(=O)O[C@H](COC(=O)CCCCCCC/C=C\CCCC)COP(=O)(O)OCC[N+](C)(C)C. The van der Waals surface area contributed by atoms with Crippen LogP contribution >= 0.6 is 7.82 Å². The molecule has 2 N–H and O–H groups in total. The minimum atomic E-state index is -4.39. The van der Waals surface area contributed by atoms with Gasteiger partial charge in [-0.3, -0.25) is 18.6 Å². The highest BCUT2D eigenvalue weighted by molar-refractivity contribution is 7.47. The second-order valence-corrected chi connectivity index (χ2v) is 15.6. The number of likely N-dealkylation sites (N-methyl/N-ethyl adjacent to an activating group) is 1. The van der Waals surface area contributed by atoms with Crippen LogP contribution in [0.1, 0.15) is 136 Å². The molecule has 0 rings (SSSR count). The smallest absolute Gasteiger partial charge is 0.462 e. The molecule has 0 aromatic carbocycles. The van der Waals surface area contributed by atoms with Crippen LogP contribution in [0.15, 0.2) is 48.6 Å². The summed E-state index contributed by atoms with van der Waals surface area (Å²) in [6.45, 7) is 4.09. The summed E-state index contributed by atoms with van der Waals surface area (Å²) in [5.74, 6) is -0.870. The molecule has 0 bridgehead atoms. The number of carbonyl (C=O) groups is 2. The first-order valence-electron chi connectivity index (χ1n) is 19.5. The molecular weight excluding hydrogens is 669 g/mol. The van der Waals surface area contributed by atoms with Gasteiger partial charge in [-0.2, -0.15) is 0 Å². The molecule has 3 atom stereocenters. The zero-order chi connectivity index (χ0) is 38.1. The molecule has 51 heavy (non-hydrogen) atoms. The van der Waals surface area contributed by atoms with E-state index in [1.807, 2.05) is 45.4 Å². The largest absolute Gasteiger partial charge is 0.472 e. The third kappa shape index (κ3) is 36.1. The number of hydrogen-bond acceptors (Lipinski definition) is 8. The zero-order valence-corrected chi connectivity index (χ0v) is 33.6. The third-order valence-corrected chi connectivity index (χ3v) is 8.91. The van der Waals surface area contributed by atoms with Gasteiger partial charge in [0, 0.05) is 12.8 Å². The summed E-state index contributed by atoms with van der Waals surface area (Å²) in [5, 5.41) is 9.87. The molecule has 0 aliphatic rings. The fraction of sp³-hybridized carbons (Fsp3) is 0.750. The van der Waals surface area contributed by atoms with Crippen molar-refractivity contribution in [1.29, 1.82) is 0 Å². The first-order valence-corrected chi connectivity index (χ1v) is 21.0. The van der Waals surface area contributed by atoms with Gasteiger partial charge in [0.05, 0.1) is 33.9 Å². The average Bonchev–Trinajstić information content (AvgIpc) is 3.06. The second kappa shape index (κ2) is 32.6. The molecule has 11 heteroatoms. The van der Waals surface area contributed by atoms with Crippen LogP contribution in [0.3, 0.4) is 0 Å². The van der Waals surface area contributed by atoms with Crippen LogP contribution in [0.2, 0.25) is 0 Å². The monoisotopic (exact) mass is 743 g/mol. The van der Waals surface area contributed by atoms with Crippen LogP contribution in [0.5, 0.6) is 0 Å². The number of carbonyl (C=O) groups excluding carboxylic acids is 2. The molecule has 2 unspecified atom stereocenters. The second-order valence-electron chi connectivity index (χ2n) is 14.1. The Bertz CT molecular complexity index is 1040. The summed E-state index contributed by atoms with van der Waals surface area (Å²) in [7, 11) is 1.42. The van der Waals surface area contributed by atoms with Crippen molar-refractivity contribution in [2.24, 2.45) is 0 Å². The summed E-state index contributed by atoms with van der Waals surface area (Å²) in [6, 6.07) is 0. The predicted molar refractivity (Wildman–Crippen MR) is 207 cm³/mol. The van der Waals surface area contributed by atoms with E-state index in [4.69, 9.17) is 18.5 Å². The van der Waals surface area contributed by atoms with E-state index in [0.717, 1.165) is 77.0 Å². The third-order valence-electron chi connectivity index (χ3n) is 7.92. The summed E-state index contributed by atoms with van der Waals surface area (Å²) >= 11 is 0. The number of nitrogens with zero attached hydrogens (tertiary/aromatic N) is 1. The Labute approximate surface area is 310 Å². The van der Waals surface area contributed by atoms with E-state index in [1.54, 1.807) is 6.08 Å². The Hall–Kier alpha value is -2.07. The molecule has 0 heterocycles. The van der Waals surface area contributed by atoms with Crippen molar-refractivity contribution in [1.82, 2.24) is 0 Å². The van der Waals surface area contributed by atoms with Crippen molar-refractivity contribution in [3.8, 4) is 0 Å². The molecule has 0 spiro atoms. The molecule has 296 valence electrons. The normalized spacial score (nSPS) is 14.9. The molecule has 0 saturated heterocycles. The summed E-state index contributed by atoms with van der Waals surface area (Å²) in [5.41, 5.74) is 0. The molecule has 0 amide bonds. The van der Waals surface area contributed by atoms with Crippen molar-refractivity contribution in [3.05, 3.63) is 48.6 Å². The van der Waals surface area contributed by atoms with Gasteiger partial charge in [-0.05, 0) is 57.8 Å². The Balaban J connectivity index is 4.52. The fourth-order valence-electron chi connectivity index (χ4n) is 4.79. The number of phosphoric ester groups is 1. The van der Waals surface area contributed by atoms with Crippen molar-refractivity contribution in [2.45, 2.75) is 148 Å². The van der Waals surface area contributed by atoms with Crippen LogP contribution in [-0.2, 0) is 32.7 Å². The van der Waals surface area contributed by atoms with E-state index in [1.165, 1.54) is 12.8 Å². The number of rotatable bonds is 34. The molecule has 0 aromatic rings. The Morgan fingerprint density at radius 3 is 1.92 bits per heavy atom. The number of unbranched alkanes of at least 4 members (excludes halogenated alkanes) is 12. The van der Waals surface area contributed by atoms with Crippen LogP contribution in [-0.4, -0.2) is 86.1 Å². The number of phosphoric acid groups is 1. The van der Waals surface area contributed by atoms with E-state index in [9.17, 15) is 24.2 Å². The maximum absolute atomic E-state index is 12.6. The van der Waals surface area contributed by atoms with Crippen LogP contribution in [0.25, 0.3) is 0 Å². The molecule has 0 aliphatic carbocycles. The first-order chi connectivity index (χ1) is 24.4. The molecule has 10 nitrogen and oxygen atoms in total. The molecular formula is C40H73NO9P+. The topological polar surface area (TPSA) is 129 Å². The number of quaternary nitrogens is 1. The van der Waals surface area contributed by atoms with E-state index in [0.29, 0.717) is 30.3 Å². The van der Waals surface area contributed by atoms with Crippen molar-refractivity contribution < 1.29 is 47.2 Å². The van der Waals surface area contributed by atoms with Gasteiger partial charge in [-0.1, -0.05) is 114 Å². The van der Waals surface area contributed by atoms with E-state index < -0.39 is 38.6 Å². The Kier molecular flexibility index (Phi) is 31.2. The number of aliphatic hydroxyl groups excluding tert-OH is 1. The highest BCUT2D eigenvalue weighted by Crippen LogP contribution is 2.43. The van der Waals surface area contributed by atoms with Gasteiger partial charge in [0.15, 0.2) is 6.10 Å². The maximum atomic E-state index is 12.6. The van der Waals surface area contributed by atoms with Crippen LogP contribution < -0.4 is 0 Å². The standard InChI is InChI=1S/C40H72NO9P/c1-6-8-10-11-12-13-14-17-20-23-27-31-39(43)47-35-38(36-49-51(45,46)48-34-33-41(3,4)5)50-40(44)32-28-24-21-18-15-16-19-22-26-30-37(42)29-25-9-7-2/h9,11-12,19,22,25-26,30,37-38,42H,6-8,10,13-18,20-21,23-24,27-29,31-36H2,1-5H3/p+1/b12-11-,22-19+,25-9+,30-26+/t37?,38-/m1/s1. The number of ether oxygens (including phenoxy) is 2. The Morgan fingerprint density at radius 2 is 1.29 bits per heavy atom. The van der Waals surface area contributed by atoms with E-state index in [-0.39, 0.29) is 26.1 Å². The molecule has 0 aromatic heterocycles. The number of allylic oxidation sites excluding steroid dienone is 6. The van der Waals surface area contributed by atoms with Gasteiger partial charge in [-0.25, -0.2) is 4.57 Å². The van der Waals surface area contributed by atoms with E-state index in [2.05, 4.69) is 32.1 Å². The highest BCUT2D eigenvalue weighted by Gasteiger charge is 2.27. The van der Waals surface area contributed by atoms with Crippen molar-refractivity contribution >= 4 is 19.8 Å². The van der Waals surface area contributed by atoms with Gasteiger partial charge in [0.1, 0.15) is 19.8 Å². The van der Waals surface area contributed by atoms with Gasteiger partial charge in [0.25, 0.3) is 0 Å². The number of esters is 2. The van der Waals surface area contributed by atoms with Gasteiger partial charge >= 0.3 is 19.8 Å². The number of aliphatic hydroxyl groups is 1. The summed E-state index contributed by atoms with van der Waals surface area (Å²) in [6.07, 6.45) is 32.1. The fourth-order valence-corrected chi connectivity index (χ4v) is 5.53. The lowest BCUT2D eigenvalue weighted by Gasteiger charge is -2.24. The first kappa shape index (κ1) is 48.9. The average molecular weight is 743 g/mol. The summed E-state index contributed by atoms with van der Waals surface area (Å²) in [4.78, 5) is 35.2. The van der Waals surface area contributed by atoms with Crippen LogP contribution in [0.4, 0.5) is 0 Å². The van der Waals surface area contributed by atoms with Crippen LogP contribution in [0, 0.1) is 0 Å². The summed E-state index contributed by atoms with van der Waals surface area (Å²) < 4.78 is 34.1. The lowest BCUT2D eigenvalue weighted by Crippen LogP contribution is -2.37. The number of hydrogen-bond donors (Lipinski definition) is 2. The minimum absolute atomic E-state index is 0.0149. The maximum Gasteiger partial charge on any atom is 0.472 e. The van der Waals surface area contributed by atoms with E-state index >= 15 is 0 Å². The Morgan fingerprint density at radius 1 is 0.706 bits per heavy atom. The molecule has 0 aliphatic heterocycles. The quantitative estimate of drug-likeness (QED) is 0.0166. The lowest BCUT2D eigenvalue weighted by molar-refractivity contribution is -0.870.